The lowest BCUT2D eigenvalue weighted by Gasteiger charge is -2.54. The van der Waals surface area contributed by atoms with Crippen LogP contribution in [0.25, 0.3) is 0 Å². The fraction of sp³-hybridized carbons (Fsp3) is 0.450. The van der Waals surface area contributed by atoms with Gasteiger partial charge in [-0.25, -0.2) is 4.79 Å². The third-order valence-electron chi connectivity index (χ3n) is 6.68. The Hall–Kier alpha value is -3.09. The Morgan fingerprint density at radius 2 is 1.85 bits per heavy atom. The number of urea groups is 1. The summed E-state index contributed by atoms with van der Waals surface area (Å²) in [6.07, 6.45) is -13.6. The number of nitrogens with one attached hydrogen (secondary N) is 2. The van der Waals surface area contributed by atoms with Gasteiger partial charge in [-0.15, -0.1) is 0 Å². The SMILES string of the molecule is CC1=C2NC(=O)NC(=O)[C@@]23Cc2cc(C(=O)C(F)(F)F)ccc2N2C[C@@H](C(F)(F)F)OC1[C@@H]23. The molecule has 1 aromatic carbocycles. The standard InChI is InChI=1S/C20H15F6N3O4/c1-7-12-14-18(13(7)27-17(32)28-16(18)31)5-9-4-8(15(30)20(24,25)26)2-3-10(9)29(14)6-11(33-12)19(21,22)23/h2-4,11-12,14H,5-6H2,1H3,(H2,27,28,31,32)/t11-,12?,14+,18-/m0/s1. The second-order valence-corrected chi connectivity index (χ2v) is 8.47. The predicted molar refractivity (Wildman–Crippen MR) is 98.2 cm³/mol. The number of ketones is 1. The van der Waals surface area contributed by atoms with E-state index in [1.54, 1.807) is 0 Å². The van der Waals surface area contributed by atoms with Crippen LogP contribution in [0.3, 0.4) is 0 Å². The van der Waals surface area contributed by atoms with Crippen LogP contribution in [0.5, 0.6) is 0 Å². The lowest BCUT2D eigenvalue weighted by molar-refractivity contribution is -0.237. The normalized spacial score (nSPS) is 30.9. The highest BCUT2D eigenvalue weighted by molar-refractivity contribution is 6.06. The van der Waals surface area contributed by atoms with Crippen molar-refractivity contribution >= 4 is 23.4 Å². The summed E-state index contributed by atoms with van der Waals surface area (Å²) in [4.78, 5) is 38.2. The summed E-state index contributed by atoms with van der Waals surface area (Å²) < 4.78 is 85.2. The first-order valence-corrected chi connectivity index (χ1v) is 9.82. The number of benzene rings is 1. The van der Waals surface area contributed by atoms with Crippen LogP contribution >= 0.6 is 0 Å². The Kier molecular flexibility index (Phi) is 4.27. The Labute approximate surface area is 181 Å². The van der Waals surface area contributed by atoms with Gasteiger partial charge in [-0.3, -0.25) is 14.9 Å². The molecular weight excluding hydrogens is 460 g/mol. The molecule has 3 heterocycles. The summed E-state index contributed by atoms with van der Waals surface area (Å²) in [5, 5.41) is 4.59. The molecule has 1 aromatic rings. The molecule has 4 atom stereocenters. The number of fused-ring (bicyclic) bond motifs is 2. The van der Waals surface area contributed by atoms with Gasteiger partial charge in [0.15, 0.2) is 6.10 Å². The van der Waals surface area contributed by atoms with Gasteiger partial charge in [-0.1, -0.05) is 0 Å². The fourth-order valence-corrected chi connectivity index (χ4v) is 5.39. The lowest BCUT2D eigenvalue weighted by Crippen LogP contribution is -2.70. The molecule has 2 N–H and O–H groups in total. The maximum Gasteiger partial charge on any atom is 0.454 e. The quantitative estimate of drug-likeness (QED) is 0.482. The van der Waals surface area contributed by atoms with Crippen molar-refractivity contribution < 1.29 is 45.5 Å². The molecule has 2 fully saturated rings. The van der Waals surface area contributed by atoms with Gasteiger partial charge in [0.1, 0.15) is 11.5 Å². The number of amides is 3. The smallest absolute Gasteiger partial charge is 0.361 e. The van der Waals surface area contributed by atoms with Gasteiger partial charge in [-0.05, 0) is 42.7 Å². The van der Waals surface area contributed by atoms with E-state index in [0.717, 1.165) is 18.2 Å². The molecule has 7 nitrogen and oxygen atoms in total. The highest BCUT2D eigenvalue weighted by atomic mass is 19.4. The van der Waals surface area contributed by atoms with Gasteiger partial charge in [0, 0.05) is 16.9 Å². The Bertz CT molecular complexity index is 1140. The second-order valence-electron chi connectivity index (χ2n) is 8.47. The number of nitrogens with zero attached hydrogens (tertiary/aromatic N) is 1. The van der Waals surface area contributed by atoms with Gasteiger partial charge < -0.3 is 15.0 Å². The van der Waals surface area contributed by atoms with E-state index in [2.05, 4.69) is 10.6 Å². The number of anilines is 1. The van der Waals surface area contributed by atoms with Crippen LogP contribution in [0, 0.1) is 5.41 Å². The third kappa shape index (κ3) is 2.90. The van der Waals surface area contributed by atoms with E-state index in [9.17, 15) is 40.7 Å². The van der Waals surface area contributed by atoms with Crippen LogP contribution < -0.4 is 15.5 Å². The first-order valence-electron chi connectivity index (χ1n) is 9.82. The molecule has 33 heavy (non-hydrogen) atoms. The molecule has 176 valence electrons. The molecule has 5 rings (SSSR count). The van der Waals surface area contributed by atoms with Gasteiger partial charge in [0.05, 0.1) is 12.6 Å². The number of ether oxygens (including phenoxy) is 1. The second kappa shape index (κ2) is 6.49. The molecular formula is C20H15F6N3O4. The van der Waals surface area contributed by atoms with Crippen molar-refractivity contribution in [1.82, 2.24) is 10.6 Å². The number of imide groups is 1. The van der Waals surface area contributed by atoms with Crippen LogP contribution in [-0.4, -0.2) is 54.9 Å². The number of halogens is 6. The van der Waals surface area contributed by atoms with Crippen molar-refractivity contribution in [1.29, 1.82) is 0 Å². The number of carbonyl (C=O) groups is 3. The van der Waals surface area contributed by atoms with Gasteiger partial charge in [0.2, 0.25) is 5.91 Å². The van der Waals surface area contributed by atoms with Gasteiger partial charge >= 0.3 is 18.4 Å². The number of Topliss-reactive ketones (excluding diaryl/α,β-unsaturated/α-hetero) is 1. The Morgan fingerprint density at radius 1 is 1.15 bits per heavy atom. The van der Waals surface area contributed by atoms with E-state index in [0.29, 0.717) is 0 Å². The average molecular weight is 475 g/mol. The average Bonchev–Trinajstić information content (AvgIpc) is 2.96. The Morgan fingerprint density at radius 3 is 2.48 bits per heavy atom. The predicted octanol–water partition coefficient (Wildman–Crippen LogP) is 2.61. The highest BCUT2D eigenvalue weighted by Crippen LogP contribution is 2.56. The van der Waals surface area contributed by atoms with E-state index in [1.807, 2.05) is 0 Å². The summed E-state index contributed by atoms with van der Waals surface area (Å²) in [7, 11) is 0. The zero-order chi connectivity index (χ0) is 24.1. The molecule has 1 unspecified atom stereocenters. The van der Waals surface area contributed by atoms with E-state index < -0.39 is 65.8 Å². The molecule has 3 amide bonds. The third-order valence-corrected chi connectivity index (χ3v) is 6.68. The number of morpholine rings is 1. The van der Waals surface area contributed by atoms with E-state index >= 15 is 0 Å². The number of hydrogen-bond acceptors (Lipinski definition) is 5. The number of rotatable bonds is 1. The molecule has 3 aliphatic heterocycles. The summed E-state index contributed by atoms with van der Waals surface area (Å²) in [5.74, 6) is -2.91. The van der Waals surface area contributed by atoms with E-state index in [-0.39, 0.29) is 28.9 Å². The topological polar surface area (TPSA) is 87.7 Å². The molecule has 0 saturated carbocycles. The molecule has 2 saturated heterocycles. The highest BCUT2D eigenvalue weighted by Gasteiger charge is 2.67. The van der Waals surface area contributed by atoms with Crippen molar-refractivity contribution in [3.63, 3.8) is 0 Å². The number of alkyl halides is 6. The Balaban J connectivity index is 1.70. The zero-order valence-electron chi connectivity index (χ0n) is 16.7. The van der Waals surface area contributed by atoms with Crippen molar-refractivity contribution in [2.45, 2.75) is 43.9 Å². The zero-order valence-corrected chi connectivity index (χ0v) is 16.7. The van der Waals surface area contributed by atoms with E-state index in [1.165, 1.54) is 11.8 Å². The minimum atomic E-state index is -5.15. The monoisotopic (exact) mass is 475 g/mol. The number of hydrogen-bond donors (Lipinski definition) is 2. The van der Waals surface area contributed by atoms with Gasteiger partial charge in [-0.2, -0.15) is 26.3 Å². The molecule has 13 heteroatoms. The van der Waals surface area contributed by atoms with Crippen LogP contribution in [0.2, 0.25) is 0 Å². The van der Waals surface area contributed by atoms with Crippen LogP contribution in [0.15, 0.2) is 29.5 Å². The first-order chi connectivity index (χ1) is 15.2. The molecule has 0 radical (unpaired) electrons. The summed E-state index contributed by atoms with van der Waals surface area (Å²) >= 11 is 0. The molecule has 4 aliphatic rings. The van der Waals surface area contributed by atoms with Crippen LogP contribution in [0.4, 0.5) is 36.8 Å². The van der Waals surface area contributed by atoms with Crippen LogP contribution in [-0.2, 0) is 16.0 Å². The van der Waals surface area contributed by atoms with Crippen molar-refractivity contribution in [2.24, 2.45) is 5.41 Å². The fourth-order valence-electron chi connectivity index (χ4n) is 5.39. The molecule has 1 spiro atoms. The summed E-state index contributed by atoms with van der Waals surface area (Å²) in [5.41, 5.74) is -1.76. The summed E-state index contributed by atoms with van der Waals surface area (Å²) in [6, 6.07) is 1.16. The minimum Gasteiger partial charge on any atom is -0.361 e. The van der Waals surface area contributed by atoms with E-state index in [4.69, 9.17) is 4.74 Å². The van der Waals surface area contributed by atoms with Crippen LogP contribution in [0.1, 0.15) is 22.8 Å². The maximum absolute atomic E-state index is 13.6. The van der Waals surface area contributed by atoms with Crippen molar-refractivity contribution in [3.8, 4) is 0 Å². The largest absolute Gasteiger partial charge is 0.454 e. The van der Waals surface area contributed by atoms with Gasteiger partial charge in [0.25, 0.3) is 5.78 Å². The minimum absolute atomic E-state index is 0.0669. The molecule has 0 bridgehead atoms. The maximum atomic E-state index is 13.6. The lowest BCUT2D eigenvalue weighted by atomic mass is 9.69. The van der Waals surface area contributed by atoms with Crippen molar-refractivity contribution in [2.75, 3.05) is 11.4 Å². The summed E-state index contributed by atoms with van der Waals surface area (Å²) in [6.45, 7) is 0.729. The number of carbonyl (C=O) groups excluding carboxylic acids is 3. The van der Waals surface area contributed by atoms with Crippen molar-refractivity contribution in [3.05, 3.63) is 40.6 Å². The molecule has 1 aliphatic carbocycles. The first kappa shape index (κ1) is 21.7. The molecule has 0 aromatic heterocycles.